The molecule has 1 atom stereocenters. The molecule has 1 aromatic carbocycles. The van der Waals surface area contributed by atoms with Crippen LogP contribution in [0.1, 0.15) is 30.0 Å². The highest BCUT2D eigenvalue weighted by atomic mass is 32.2. The van der Waals surface area contributed by atoms with Gasteiger partial charge in [0.1, 0.15) is 16.2 Å². The van der Waals surface area contributed by atoms with E-state index >= 15 is 0 Å². The Balaban J connectivity index is 1.84. The van der Waals surface area contributed by atoms with Crippen LogP contribution in [0, 0.1) is 6.92 Å². The van der Waals surface area contributed by atoms with E-state index in [0.29, 0.717) is 9.23 Å². The van der Waals surface area contributed by atoms with Gasteiger partial charge in [-0.15, -0.1) is 0 Å². The number of aryl methyl sites for hydroxylation is 1. The van der Waals surface area contributed by atoms with Gasteiger partial charge in [0, 0.05) is 13.0 Å². The lowest BCUT2D eigenvalue weighted by Gasteiger charge is -2.12. The van der Waals surface area contributed by atoms with Crippen molar-refractivity contribution >= 4 is 46.3 Å². The molecule has 0 saturated carbocycles. The first-order valence-electron chi connectivity index (χ1n) is 7.62. The normalized spacial score (nSPS) is 21.3. The molecular formula is C17H17NO4S2. The summed E-state index contributed by atoms with van der Waals surface area (Å²) >= 11 is 6.41. The molecule has 3 rings (SSSR count). The number of thioether (sulfide) groups is 1. The average molecular weight is 363 g/mol. The van der Waals surface area contributed by atoms with Crippen LogP contribution in [0.3, 0.4) is 0 Å². The van der Waals surface area contributed by atoms with Crippen molar-refractivity contribution in [2.24, 2.45) is 0 Å². The van der Waals surface area contributed by atoms with Crippen LogP contribution in [-0.2, 0) is 16.0 Å². The van der Waals surface area contributed by atoms with E-state index in [9.17, 15) is 9.59 Å². The SMILES string of the molecule is Cc1cc(/C=C2\SC(=S)N(CCC(=O)O)C2=O)cc2c1O[C@@H](C)C2. The van der Waals surface area contributed by atoms with Crippen molar-refractivity contribution in [1.29, 1.82) is 0 Å². The monoisotopic (exact) mass is 363 g/mol. The molecule has 1 amide bonds. The van der Waals surface area contributed by atoms with Crippen molar-refractivity contribution in [3.8, 4) is 5.75 Å². The van der Waals surface area contributed by atoms with Crippen LogP contribution in [0.25, 0.3) is 6.08 Å². The summed E-state index contributed by atoms with van der Waals surface area (Å²) in [4.78, 5) is 25.0. The summed E-state index contributed by atoms with van der Waals surface area (Å²) in [7, 11) is 0. The summed E-state index contributed by atoms with van der Waals surface area (Å²) in [5.41, 5.74) is 3.13. The molecule has 0 aromatic heterocycles. The van der Waals surface area contributed by atoms with Gasteiger partial charge in [0.2, 0.25) is 0 Å². The van der Waals surface area contributed by atoms with Gasteiger partial charge in [0.05, 0.1) is 11.3 Å². The van der Waals surface area contributed by atoms with Crippen molar-refractivity contribution in [2.45, 2.75) is 32.8 Å². The smallest absolute Gasteiger partial charge is 0.305 e. The quantitative estimate of drug-likeness (QED) is 0.655. The van der Waals surface area contributed by atoms with Crippen molar-refractivity contribution in [3.63, 3.8) is 0 Å². The van der Waals surface area contributed by atoms with E-state index in [1.807, 2.05) is 32.1 Å². The summed E-state index contributed by atoms with van der Waals surface area (Å²) < 4.78 is 6.20. The fourth-order valence-electron chi connectivity index (χ4n) is 2.88. The fraction of sp³-hybridized carbons (Fsp3) is 0.353. The topological polar surface area (TPSA) is 66.8 Å². The van der Waals surface area contributed by atoms with Gasteiger partial charge in [-0.05, 0) is 48.7 Å². The molecular weight excluding hydrogens is 346 g/mol. The summed E-state index contributed by atoms with van der Waals surface area (Å²) in [6.45, 7) is 4.13. The van der Waals surface area contributed by atoms with Gasteiger partial charge in [-0.2, -0.15) is 0 Å². The number of fused-ring (bicyclic) bond motifs is 1. The lowest BCUT2D eigenvalue weighted by molar-refractivity contribution is -0.137. The molecule has 1 aromatic rings. The predicted octanol–water partition coefficient (Wildman–Crippen LogP) is 2.99. The first-order chi connectivity index (χ1) is 11.3. The number of aliphatic carboxylic acids is 1. The first kappa shape index (κ1) is 17.0. The Bertz CT molecular complexity index is 772. The average Bonchev–Trinajstić information content (AvgIpc) is 2.98. The van der Waals surface area contributed by atoms with Gasteiger partial charge < -0.3 is 9.84 Å². The number of rotatable bonds is 4. The third-order valence-corrected chi connectivity index (χ3v) is 5.30. The Kier molecular flexibility index (Phi) is 4.64. The summed E-state index contributed by atoms with van der Waals surface area (Å²) in [6, 6.07) is 4.02. The third kappa shape index (κ3) is 3.32. The fourth-order valence-corrected chi connectivity index (χ4v) is 4.19. The van der Waals surface area contributed by atoms with E-state index in [0.717, 1.165) is 28.9 Å². The van der Waals surface area contributed by atoms with Gasteiger partial charge in [-0.25, -0.2) is 0 Å². The van der Waals surface area contributed by atoms with Crippen LogP contribution in [0.2, 0.25) is 0 Å². The number of hydrogen-bond acceptors (Lipinski definition) is 5. The van der Waals surface area contributed by atoms with E-state index in [1.54, 1.807) is 0 Å². The molecule has 0 bridgehead atoms. The lowest BCUT2D eigenvalue weighted by atomic mass is 10.0. The first-order valence-corrected chi connectivity index (χ1v) is 8.85. The molecule has 24 heavy (non-hydrogen) atoms. The van der Waals surface area contributed by atoms with Crippen LogP contribution < -0.4 is 4.74 Å². The molecule has 2 heterocycles. The number of thiocarbonyl (C=S) groups is 1. The van der Waals surface area contributed by atoms with Crippen LogP contribution >= 0.6 is 24.0 Å². The molecule has 2 aliphatic rings. The highest BCUT2D eigenvalue weighted by Gasteiger charge is 2.32. The van der Waals surface area contributed by atoms with Crippen LogP contribution in [0.4, 0.5) is 0 Å². The highest BCUT2D eigenvalue weighted by Crippen LogP contribution is 2.36. The number of ether oxygens (including phenoxy) is 1. The molecule has 1 fully saturated rings. The highest BCUT2D eigenvalue weighted by molar-refractivity contribution is 8.26. The summed E-state index contributed by atoms with van der Waals surface area (Å²) in [5, 5.41) is 8.77. The van der Waals surface area contributed by atoms with E-state index in [-0.39, 0.29) is 25.0 Å². The minimum atomic E-state index is -0.948. The number of nitrogens with zero attached hydrogens (tertiary/aromatic N) is 1. The van der Waals surface area contributed by atoms with Gasteiger partial charge in [0.15, 0.2) is 0 Å². The second-order valence-electron chi connectivity index (χ2n) is 5.94. The molecule has 2 aliphatic heterocycles. The van der Waals surface area contributed by atoms with E-state index in [1.165, 1.54) is 16.7 Å². The van der Waals surface area contributed by atoms with Crippen LogP contribution in [0.5, 0.6) is 5.75 Å². The second-order valence-corrected chi connectivity index (χ2v) is 7.61. The Morgan fingerprint density at radius 3 is 3.00 bits per heavy atom. The Labute approximate surface area is 149 Å². The minimum absolute atomic E-state index is 0.103. The minimum Gasteiger partial charge on any atom is -0.490 e. The number of benzene rings is 1. The van der Waals surface area contributed by atoms with Crippen LogP contribution in [0.15, 0.2) is 17.0 Å². The Morgan fingerprint density at radius 1 is 1.54 bits per heavy atom. The largest absolute Gasteiger partial charge is 0.490 e. The number of carbonyl (C=O) groups excluding carboxylic acids is 1. The van der Waals surface area contributed by atoms with Crippen molar-refractivity contribution in [1.82, 2.24) is 4.90 Å². The summed E-state index contributed by atoms with van der Waals surface area (Å²) in [5.74, 6) is -0.237. The molecule has 5 nitrogen and oxygen atoms in total. The van der Waals surface area contributed by atoms with E-state index in [4.69, 9.17) is 22.1 Å². The maximum atomic E-state index is 12.4. The molecule has 1 saturated heterocycles. The van der Waals surface area contributed by atoms with Gasteiger partial charge >= 0.3 is 5.97 Å². The maximum Gasteiger partial charge on any atom is 0.305 e. The number of carboxylic acids is 1. The van der Waals surface area contributed by atoms with E-state index in [2.05, 4.69) is 0 Å². The number of amides is 1. The molecule has 0 radical (unpaired) electrons. The summed E-state index contributed by atoms with van der Waals surface area (Å²) in [6.07, 6.45) is 2.73. The number of carbonyl (C=O) groups is 2. The number of carboxylic acid groups (broad SMARTS) is 1. The molecule has 0 aliphatic carbocycles. The molecule has 126 valence electrons. The zero-order valence-electron chi connectivity index (χ0n) is 13.4. The second kappa shape index (κ2) is 6.57. The maximum absolute atomic E-state index is 12.4. The zero-order chi connectivity index (χ0) is 17.4. The standard InChI is InChI=1S/C17H17NO4S2/c1-9-5-11(7-12-6-10(2)22-15(9)12)8-13-16(21)18(17(23)24-13)4-3-14(19)20/h5,7-8,10H,3-4,6H2,1-2H3,(H,19,20)/b13-8-/t10-/m0/s1. The molecule has 1 N–H and O–H groups in total. The number of hydrogen-bond donors (Lipinski definition) is 1. The predicted molar refractivity (Wildman–Crippen MR) is 97.1 cm³/mol. The third-order valence-electron chi connectivity index (χ3n) is 3.92. The van der Waals surface area contributed by atoms with Gasteiger partial charge in [0.25, 0.3) is 5.91 Å². The Morgan fingerprint density at radius 2 is 2.29 bits per heavy atom. The van der Waals surface area contributed by atoms with Gasteiger partial charge in [-0.1, -0.05) is 24.0 Å². The van der Waals surface area contributed by atoms with Crippen molar-refractivity contribution < 1.29 is 19.4 Å². The Hall–Kier alpha value is -1.86. The van der Waals surface area contributed by atoms with Crippen molar-refractivity contribution in [2.75, 3.05) is 6.54 Å². The van der Waals surface area contributed by atoms with Crippen molar-refractivity contribution in [3.05, 3.63) is 33.7 Å². The van der Waals surface area contributed by atoms with Gasteiger partial charge in [-0.3, -0.25) is 14.5 Å². The van der Waals surface area contributed by atoms with E-state index < -0.39 is 5.97 Å². The zero-order valence-corrected chi connectivity index (χ0v) is 15.0. The van der Waals surface area contributed by atoms with Crippen LogP contribution in [-0.4, -0.2) is 38.9 Å². The molecule has 0 unspecified atom stereocenters. The molecule has 7 heteroatoms. The molecule has 0 spiro atoms. The lowest BCUT2D eigenvalue weighted by Crippen LogP contribution is -2.30.